The number of carbonyl (C=O) groups is 1. The average Bonchev–Trinajstić information content (AvgIpc) is 2.78. The molecule has 0 bridgehead atoms. The van der Waals surface area contributed by atoms with Crippen LogP contribution in [0.4, 0.5) is 0 Å². The van der Waals surface area contributed by atoms with Gasteiger partial charge in [-0.25, -0.2) is 9.97 Å². The Morgan fingerprint density at radius 2 is 1.61 bits per heavy atom. The largest absolute Gasteiger partial charge is 0.351 e. The molecule has 0 saturated heterocycles. The number of amides is 1. The van der Waals surface area contributed by atoms with Gasteiger partial charge in [-0.15, -0.1) is 0 Å². The molecule has 0 aliphatic rings. The van der Waals surface area contributed by atoms with Crippen LogP contribution in [0.2, 0.25) is 5.02 Å². The fourth-order valence-electron chi connectivity index (χ4n) is 3.17. The summed E-state index contributed by atoms with van der Waals surface area (Å²) >= 11 is 7.58. The van der Waals surface area contributed by atoms with Gasteiger partial charge in [-0.3, -0.25) is 4.79 Å². The number of aryl methyl sites for hydroxylation is 1. The van der Waals surface area contributed by atoms with Gasteiger partial charge in [-0.2, -0.15) is 0 Å². The third kappa shape index (κ3) is 5.63. The number of rotatable bonds is 7. The van der Waals surface area contributed by atoms with Crippen LogP contribution in [-0.4, -0.2) is 21.6 Å². The van der Waals surface area contributed by atoms with Crippen molar-refractivity contribution in [3.63, 3.8) is 0 Å². The number of para-hydroxylation sites is 2. The summed E-state index contributed by atoms with van der Waals surface area (Å²) in [6.45, 7) is 2.47. The Morgan fingerprint density at radius 1 is 0.935 bits per heavy atom. The van der Waals surface area contributed by atoms with Gasteiger partial charge in [0.2, 0.25) is 5.91 Å². The van der Waals surface area contributed by atoms with Gasteiger partial charge in [0.1, 0.15) is 5.03 Å². The fourth-order valence-corrected chi connectivity index (χ4v) is 4.19. The van der Waals surface area contributed by atoms with E-state index in [1.165, 1.54) is 22.9 Å². The quantitative estimate of drug-likeness (QED) is 0.375. The fraction of sp³-hybridized carbons (Fsp3) is 0.160. The van der Waals surface area contributed by atoms with Crippen molar-refractivity contribution in [2.45, 2.75) is 24.9 Å². The first-order valence-corrected chi connectivity index (χ1v) is 11.4. The molecule has 0 unspecified atom stereocenters. The van der Waals surface area contributed by atoms with Crippen LogP contribution >= 0.6 is 23.4 Å². The highest BCUT2D eigenvalue weighted by molar-refractivity contribution is 7.99. The van der Waals surface area contributed by atoms with Crippen molar-refractivity contribution in [1.29, 1.82) is 0 Å². The molecule has 1 heterocycles. The third-order valence-corrected chi connectivity index (χ3v) is 6.25. The van der Waals surface area contributed by atoms with Crippen LogP contribution in [0.5, 0.6) is 0 Å². The molecule has 3 aromatic carbocycles. The Hall–Kier alpha value is -2.89. The molecule has 0 spiro atoms. The van der Waals surface area contributed by atoms with E-state index in [1.807, 2.05) is 48.5 Å². The van der Waals surface area contributed by atoms with E-state index >= 15 is 0 Å². The molecular weight excluding hydrogens is 426 g/mol. The van der Waals surface area contributed by atoms with E-state index in [9.17, 15) is 4.79 Å². The van der Waals surface area contributed by atoms with Gasteiger partial charge in [0.15, 0.2) is 0 Å². The Kier molecular flexibility index (Phi) is 6.85. The lowest BCUT2D eigenvalue weighted by atomic mass is 10.1. The van der Waals surface area contributed by atoms with E-state index in [1.54, 1.807) is 0 Å². The first-order chi connectivity index (χ1) is 15.1. The number of carbonyl (C=O) groups excluding carboxylic acids is 1. The van der Waals surface area contributed by atoms with E-state index < -0.39 is 0 Å². The number of nitrogens with zero attached hydrogens (tertiary/aromatic N) is 2. The lowest BCUT2D eigenvalue weighted by Gasteiger charge is -2.11. The first kappa shape index (κ1) is 21.3. The summed E-state index contributed by atoms with van der Waals surface area (Å²) < 4.78 is 0. The Labute approximate surface area is 191 Å². The van der Waals surface area contributed by atoms with Crippen molar-refractivity contribution in [2.24, 2.45) is 0 Å². The zero-order valence-electron chi connectivity index (χ0n) is 17.1. The SMILES string of the molecule is Cc1ccc(Cc2nc3ccccc3nc2SCC(=O)NCc2ccccc2Cl)cc1. The molecule has 4 nitrogen and oxygen atoms in total. The van der Waals surface area contributed by atoms with Crippen molar-refractivity contribution >= 4 is 40.3 Å². The van der Waals surface area contributed by atoms with Gasteiger partial charge in [0.25, 0.3) is 0 Å². The van der Waals surface area contributed by atoms with Gasteiger partial charge in [-0.1, -0.05) is 83.5 Å². The third-order valence-electron chi connectivity index (χ3n) is 4.87. The van der Waals surface area contributed by atoms with Gasteiger partial charge in [0.05, 0.1) is 22.5 Å². The molecule has 1 amide bonds. The van der Waals surface area contributed by atoms with E-state index in [0.717, 1.165) is 27.3 Å². The minimum atomic E-state index is -0.0684. The molecule has 6 heteroatoms. The molecule has 0 fully saturated rings. The van der Waals surface area contributed by atoms with Crippen LogP contribution in [0.1, 0.15) is 22.4 Å². The van der Waals surface area contributed by atoms with E-state index in [-0.39, 0.29) is 11.7 Å². The van der Waals surface area contributed by atoms with E-state index in [4.69, 9.17) is 21.6 Å². The van der Waals surface area contributed by atoms with Gasteiger partial charge >= 0.3 is 0 Å². The molecule has 0 saturated carbocycles. The summed E-state index contributed by atoms with van der Waals surface area (Å²) in [4.78, 5) is 22.1. The van der Waals surface area contributed by atoms with Gasteiger partial charge in [-0.05, 0) is 36.2 Å². The number of aromatic nitrogens is 2. The maximum absolute atomic E-state index is 12.4. The number of benzene rings is 3. The maximum Gasteiger partial charge on any atom is 0.230 e. The second kappa shape index (κ2) is 9.94. The number of nitrogens with one attached hydrogen (secondary N) is 1. The zero-order chi connectivity index (χ0) is 21.6. The smallest absolute Gasteiger partial charge is 0.230 e. The molecule has 1 aromatic heterocycles. The standard InChI is InChI=1S/C25H22ClN3OS/c1-17-10-12-18(13-11-17)14-23-25(29-22-9-5-4-8-21(22)28-23)31-16-24(30)27-15-19-6-2-3-7-20(19)26/h2-13H,14-16H2,1H3,(H,27,30). The maximum atomic E-state index is 12.4. The summed E-state index contributed by atoms with van der Waals surface area (Å²) in [5.41, 5.74) is 5.85. The summed E-state index contributed by atoms with van der Waals surface area (Å²) in [6, 6.07) is 23.7. The van der Waals surface area contributed by atoms with Crippen LogP contribution in [0.3, 0.4) is 0 Å². The molecule has 0 radical (unpaired) electrons. The average molecular weight is 448 g/mol. The monoisotopic (exact) mass is 447 g/mol. The molecule has 31 heavy (non-hydrogen) atoms. The number of hydrogen-bond donors (Lipinski definition) is 1. The molecule has 0 aliphatic heterocycles. The molecule has 4 rings (SSSR count). The topological polar surface area (TPSA) is 54.9 Å². The summed E-state index contributed by atoms with van der Waals surface area (Å²) in [7, 11) is 0. The van der Waals surface area contributed by atoms with Crippen LogP contribution < -0.4 is 5.32 Å². The van der Waals surface area contributed by atoms with Crippen LogP contribution in [0.15, 0.2) is 77.8 Å². The number of halogens is 1. The molecule has 0 aliphatic carbocycles. The van der Waals surface area contributed by atoms with Crippen LogP contribution in [-0.2, 0) is 17.8 Å². The highest BCUT2D eigenvalue weighted by Gasteiger charge is 2.13. The molecule has 1 N–H and O–H groups in total. The van der Waals surface area contributed by atoms with E-state index in [2.05, 4.69) is 36.5 Å². The van der Waals surface area contributed by atoms with Crippen molar-refractivity contribution in [3.05, 3.63) is 100 Å². The van der Waals surface area contributed by atoms with Gasteiger partial charge in [0, 0.05) is 18.0 Å². The predicted octanol–water partition coefficient (Wildman–Crippen LogP) is 5.59. The lowest BCUT2D eigenvalue weighted by Crippen LogP contribution is -2.24. The minimum Gasteiger partial charge on any atom is -0.351 e. The number of hydrogen-bond acceptors (Lipinski definition) is 4. The second-order valence-corrected chi connectivity index (χ2v) is 8.65. The molecule has 0 atom stereocenters. The van der Waals surface area contributed by atoms with Crippen molar-refractivity contribution in [2.75, 3.05) is 5.75 Å². The minimum absolute atomic E-state index is 0.0684. The van der Waals surface area contributed by atoms with Crippen LogP contribution in [0.25, 0.3) is 11.0 Å². The number of fused-ring (bicyclic) bond motifs is 1. The summed E-state index contributed by atoms with van der Waals surface area (Å²) in [5.74, 6) is 0.194. The Bertz CT molecular complexity index is 1210. The summed E-state index contributed by atoms with van der Waals surface area (Å²) in [6.07, 6.45) is 0.668. The number of thioether (sulfide) groups is 1. The predicted molar refractivity (Wildman–Crippen MR) is 128 cm³/mol. The zero-order valence-corrected chi connectivity index (χ0v) is 18.7. The highest BCUT2D eigenvalue weighted by atomic mass is 35.5. The lowest BCUT2D eigenvalue weighted by molar-refractivity contribution is -0.118. The molecule has 4 aromatic rings. The van der Waals surface area contributed by atoms with Gasteiger partial charge < -0.3 is 5.32 Å². The first-order valence-electron chi connectivity index (χ1n) is 10.0. The Morgan fingerprint density at radius 3 is 2.35 bits per heavy atom. The molecule has 156 valence electrons. The normalized spacial score (nSPS) is 10.9. The molecular formula is C25H22ClN3OS. The summed E-state index contributed by atoms with van der Waals surface area (Å²) in [5, 5.41) is 4.36. The second-order valence-electron chi connectivity index (χ2n) is 7.28. The van der Waals surface area contributed by atoms with Crippen LogP contribution in [0, 0.1) is 6.92 Å². The van der Waals surface area contributed by atoms with E-state index in [0.29, 0.717) is 18.0 Å². The van der Waals surface area contributed by atoms with Crippen molar-refractivity contribution < 1.29 is 4.79 Å². The van der Waals surface area contributed by atoms with Crippen molar-refractivity contribution in [3.8, 4) is 0 Å². The highest BCUT2D eigenvalue weighted by Crippen LogP contribution is 2.25. The van der Waals surface area contributed by atoms with Crippen molar-refractivity contribution in [1.82, 2.24) is 15.3 Å². The Balaban J connectivity index is 1.49.